The molecule has 0 aromatic heterocycles. The van der Waals surface area contributed by atoms with Crippen LogP contribution in [0.2, 0.25) is 0 Å². The second-order valence-corrected chi connectivity index (χ2v) is 5.32. The Morgan fingerprint density at radius 1 is 1.39 bits per heavy atom. The highest BCUT2D eigenvalue weighted by Crippen LogP contribution is 2.18. The molecule has 0 fully saturated rings. The van der Waals surface area contributed by atoms with Gasteiger partial charge in [0.25, 0.3) is 0 Å². The molecule has 1 aromatic rings. The van der Waals surface area contributed by atoms with Gasteiger partial charge in [-0.1, -0.05) is 12.1 Å². The first kappa shape index (κ1) is 15.1. The molecule has 0 aliphatic rings. The Balaban J connectivity index is 2.52. The van der Waals surface area contributed by atoms with Crippen LogP contribution in [0.1, 0.15) is 32.3 Å². The highest BCUT2D eigenvalue weighted by Gasteiger charge is 2.18. The van der Waals surface area contributed by atoms with Crippen LogP contribution in [0.15, 0.2) is 24.3 Å². The zero-order valence-electron chi connectivity index (χ0n) is 11.8. The molecule has 1 aromatic carbocycles. The Hall–Kier alpha value is -0.930. The van der Waals surface area contributed by atoms with E-state index in [1.165, 1.54) is 6.07 Å². The van der Waals surface area contributed by atoms with E-state index in [4.69, 9.17) is 4.74 Å². The lowest BCUT2D eigenvalue weighted by Gasteiger charge is -2.26. The Kier molecular flexibility index (Phi) is 5.76. The van der Waals surface area contributed by atoms with Gasteiger partial charge in [0, 0.05) is 13.2 Å². The largest absolute Gasteiger partial charge is 0.379 e. The molecule has 0 bridgehead atoms. The zero-order chi connectivity index (χ0) is 13.6. The van der Waals surface area contributed by atoms with Crippen molar-refractivity contribution in [2.24, 2.45) is 0 Å². The van der Waals surface area contributed by atoms with Gasteiger partial charge < -0.3 is 10.1 Å². The quantitative estimate of drug-likeness (QED) is 0.806. The number of halogens is 1. The molecule has 3 heteroatoms. The monoisotopic (exact) mass is 253 g/mol. The van der Waals surface area contributed by atoms with Crippen molar-refractivity contribution in [3.8, 4) is 0 Å². The van der Waals surface area contributed by atoms with Crippen molar-refractivity contribution in [3.63, 3.8) is 0 Å². The van der Waals surface area contributed by atoms with Crippen molar-refractivity contribution in [3.05, 3.63) is 35.6 Å². The fourth-order valence-electron chi connectivity index (χ4n) is 1.92. The van der Waals surface area contributed by atoms with Gasteiger partial charge in [-0.05, 0) is 57.9 Å². The maximum Gasteiger partial charge on any atom is 0.123 e. The molecule has 0 radical (unpaired) electrons. The number of hydrogen-bond acceptors (Lipinski definition) is 2. The van der Waals surface area contributed by atoms with Gasteiger partial charge in [-0.3, -0.25) is 0 Å². The highest BCUT2D eigenvalue weighted by molar-refractivity contribution is 5.17. The molecule has 2 nitrogen and oxygen atoms in total. The Bertz CT molecular complexity index is 365. The summed E-state index contributed by atoms with van der Waals surface area (Å²) in [6.45, 7) is 4.17. The van der Waals surface area contributed by atoms with Gasteiger partial charge in [0.2, 0.25) is 0 Å². The van der Waals surface area contributed by atoms with Crippen molar-refractivity contribution in [1.82, 2.24) is 5.32 Å². The summed E-state index contributed by atoms with van der Waals surface area (Å²) in [5.41, 5.74) is 0.932. The minimum atomic E-state index is -0.167. The minimum absolute atomic E-state index is 0.100. The van der Waals surface area contributed by atoms with Gasteiger partial charge >= 0.3 is 0 Å². The first-order valence-corrected chi connectivity index (χ1v) is 6.44. The summed E-state index contributed by atoms with van der Waals surface area (Å²) in [6.07, 6.45) is 2.83. The first-order valence-electron chi connectivity index (χ1n) is 6.44. The van der Waals surface area contributed by atoms with Gasteiger partial charge in [-0.25, -0.2) is 4.39 Å². The third-order valence-corrected chi connectivity index (χ3v) is 3.43. The van der Waals surface area contributed by atoms with Crippen LogP contribution >= 0.6 is 0 Å². The zero-order valence-corrected chi connectivity index (χ0v) is 11.8. The van der Waals surface area contributed by atoms with Crippen molar-refractivity contribution in [2.75, 3.05) is 14.2 Å². The lowest BCUT2D eigenvalue weighted by Crippen LogP contribution is -2.32. The summed E-state index contributed by atoms with van der Waals surface area (Å²) < 4.78 is 18.5. The molecule has 1 N–H and O–H groups in total. The molecule has 0 saturated carbocycles. The van der Waals surface area contributed by atoms with Crippen molar-refractivity contribution in [1.29, 1.82) is 0 Å². The van der Waals surface area contributed by atoms with Crippen LogP contribution in [0.5, 0.6) is 0 Å². The molecular formula is C15H24FNO. The molecule has 0 heterocycles. The van der Waals surface area contributed by atoms with Crippen molar-refractivity contribution >= 4 is 0 Å². The first-order chi connectivity index (χ1) is 8.46. The predicted molar refractivity (Wildman–Crippen MR) is 73.3 cm³/mol. The second-order valence-electron chi connectivity index (χ2n) is 5.32. The van der Waals surface area contributed by atoms with E-state index in [1.807, 2.05) is 13.1 Å². The number of methoxy groups -OCH3 is 1. The standard InChI is InChI=1S/C15H24FNO/c1-15(2,18-4)9-8-14(17-3)11-12-6-5-7-13(16)10-12/h5-7,10,14,17H,8-9,11H2,1-4H3. The van der Waals surface area contributed by atoms with Gasteiger partial charge in [0.15, 0.2) is 0 Å². The smallest absolute Gasteiger partial charge is 0.123 e. The van der Waals surface area contributed by atoms with Gasteiger partial charge in [-0.2, -0.15) is 0 Å². The average Bonchev–Trinajstić information content (AvgIpc) is 2.34. The summed E-state index contributed by atoms with van der Waals surface area (Å²) in [6, 6.07) is 7.16. The van der Waals surface area contributed by atoms with E-state index in [-0.39, 0.29) is 11.4 Å². The van der Waals surface area contributed by atoms with Crippen LogP contribution in [-0.4, -0.2) is 25.8 Å². The third kappa shape index (κ3) is 5.15. The number of benzene rings is 1. The number of likely N-dealkylation sites (N-methyl/N-ethyl adjacent to an activating group) is 1. The van der Waals surface area contributed by atoms with E-state index in [2.05, 4.69) is 19.2 Å². The highest BCUT2D eigenvalue weighted by atomic mass is 19.1. The fourth-order valence-corrected chi connectivity index (χ4v) is 1.92. The third-order valence-electron chi connectivity index (χ3n) is 3.43. The van der Waals surface area contributed by atoms with Crippen LogP contribution in [-0.2, 0) is 11.2 Å². The molecule has 0 aliphatic heterocycles. The van der Waals surface area contributed by atoms with Crippen LogP contribution < -0.4 is 5.32 Å². The molecule has 0 spiro atoms. The second kappa shape index (κ2) is 6.86. The molecule has 0 amide bonds. The maximum absolute atomic E-state index is 13.1. The summed E-state index contributed by atoms with van der Waals surface area (Å²) in [5.74, 6) is -0.167. The van der Waals surface area contributed by atoms with Crippen LogP contribution in [0.3, 0.4) is 0 Å². The molecule has 0 saturated heterocycles. The maximum atomic E-state index is 13.1. The van der Waals surface area contributed by atoms with Crippen LogP contribution in [0.25, 0.3) is 0 Å². The fraction of sp³-hybridized carbons (Fsp3) is 0.600. The van der Waals surface area contributed by atoms with E-state index in [0.29, 0.717) is 6.04 Å². The van der Waals surface area contributed by atoms with Gasteiger partial charge in [0.05, 0.1) is 5.60 Å². The van der Waals surface area contributed by atoms with Crippen molar-refractivity contribution in [2.45, 2.75) is 44.8 Å². The lowest BCUT2D eigenvalue weighted by atomic mass is 9.95. The van der Waals surface area contributed by atoms with E-state index >= 15 is 0 Å². The number of ether oxygens (including phenoxy) is 1. The average molecular weight is 253 g/mol. The van der Waals surface area contributed by atoms with Crippen LogP contribution in [0.4, 0.5) is 4.39 Å². The van der Waals surface area contributed by atoms with Gasteiger partial charge in [0.1, 0.15) is 5.82 Å². The summed E-state index contributed by atoms with van der Waals surface area (Å²) >= 11 is 0. The Labute approximate surface area is 110 Å². The van der Waals surface area contributed by atoms with Crippen molar-refractivity contribution < 1.29 is 9.13 Å². The Morgan fingerprint density at radius 2 is 2.11 bits per heavy atom. The molecule has 1 rings (SSSR count). The van der Waals surface area contributed by atoms with Crippen LogP contribution in [0, 0.1) is 5.82 Å². The number of nitrogens with one attached hydrogen (secondary N) is 1. The van der Waals surface area contributed by atoms with E-state index < -0.39 is 0 Å². The number of hydrogen-bond donors (Lipinski definition) is 1. The van der Waals surface area contributed by atoms with E-state index in [9.17, 15) is 4.39 Å². The summed E-state index contributed by atoms with van der Waals surface area (Å²) in [7, 11) is 3.69. The SMILES string of the molecule is CNC(CCC(C)(C)OC)Cc1cccc(F)c1. The molecule has 1 unspecified atom stereocenters. The molecule has 1 atom stereocenters. The van der Waals surface area contributed by atoms with Gasteiger partial charge in [-0.15, -0.1) is 0 Å². The lowest BCUT2D eigenvalue weighted by molar-refractivity contribution is 0.0119. The number of rotatable bonds is 7. The van der Waals surface area contributed by atoms with E-state index in [0.717, 1.165) is 24.8 Å². The molecule has 18 heavy (non-hydrogen) atoms. The molecule has 0 aliphatic carbocycles. The normalized spacial score (nSPS) is 13.6. The minimum Gasteiger partial charge on any atom is -0.379 e. The Morgan fingerprint density at radius 3 is 2.67 bits per heavy atom. The van der Waals surface area contributed by atoms with E-state index in [1.54, 1.807) is 19.2 Å². The predicted octanol–water partition coefficient (Wildman–Crippen LogP) is 3.16. The summed E-state index contributed by atoms with van der Waals surface area (Å²) in [4.78, 5) is 0. The molecular weight excluding hydrogens is 229 g/mol. The molecule has 102 valence electrons. The summed E-state index contributed by atoms with van der Waals surface area (Å²) in [5, 5.41) is 3.29. The topological polar surface area (TPSA) is 21.3 Å².